The summed E-state index contributed by atoms with van der Waals surface area (Å²) in [5.41, 5.74) is -0.164. The number of aliphatic hydroxyl groups is 1. The molecule has 1 saturated heterocycles. The Morgan fingerprint density at radius 2 is 1.81 bits per heavy atom. The van der Waals surface area contributed by atoms with E-state index >= 15 is 0 Å². The third-order valence-corrected chi connectivity index (χ3v) is 3.46. The zero-order chi connectivity index (χ0) is 16.2. The van der Waals surface area contributed by atoms with E-state index in [0.29, 0.717) is 6.42 Å². The highest BCUT2D eigenvalue weighted by atomic mass is 16.4. The van der Waals surface area contributed by atoms with E-state index in [2.05, 4.69) is 0 Å². The van der Waals surface area contributed by atoms with Crippen molar-refractivity contribution in [3.05, 3.63) is 0 Å². The number of β-amino-alcohol motifs (C(OH)–C–C–N with tert-alkyl or cyclic N) is 1. The van der Waals surface area contributed by atoms with Crippen LogP contribution in [-0.4, -0.2) is 51.5 Å². The zero-order valence-corrected chi connectivity index (χ0v) is 13.0. The SMILES string of the molecule is CC(C)(C)CC(=O)[C@@H]1C[C@@H](O)CN1C(=O)CCCC(=O)O. The second-order valence-corrected chi connectivity index (χ2v) is 6.90. The number of carbonyl (C=O) groups is 3. The number of carboxylic acid groups (broad SMARTS) is 1. The molecule has 2 atom stereocenters. The van der Waals surface area contributed by atoms with Crippen LogP contribution in [0.5, 0.6) is 0 Å². The van der Waals surface area contributed by atoms with E-state index in [-0.39, 0.29) is 49.3 Å². The Morgan fingerprint density at radius 3 is 2.33 bits per heavy atom. The number of carbonyl (C=O) groups excluding carboxylic acids is 2. The van der Waals surface area contributed by atoms with Gasteiger partial charge in [-0.25, -0.2) is 0 Å². The van der Waals surface area contributed by atoms with Crippen LogP contribution in [0.2, 0.25) is 0 Å². The third-order valence-electron chi connectivity index (χ3n) is 3.46. The molecule has 1 amide bonds. The molecule has 1 heterocycles. The zero-order valence-electron chi connectivity index (χ0n) is 13.0. The summed E-state index contributed by atoms with van der Waals surface area (Å²) in [6, 6.07) is -0.573. The van der Waals surface area contributed by atoms with E-state index in [9.17, 15) is 19.5 Å². The summed E-state index contributed by atoms with van der Waals surface area (Å²) in [4.78, 5) is 36.3. The number of nitrogens with zero attached hydrogens (tertiary/aromatic N) is 1. The molecule has 0 aromatic rings. The van der Waals surface area contributed by atoms with Crippen LogP contribution in [0.25, 0.3) is 0 Å². The van der Waals surface area contributed by atoms with E-state index in [1.165, 1.54) is 4.90 Å². The fourth-order valence-electron chi connectivity index (χ4n) is 2.57. The molecule has 0 radical (unpaired) electrons. The van der Waals surface area contributed by atoms with Crippen molar-refractivity contribution < 1.29 is 24.6 Å². The lowest BCUT2D eigenvalue weighted by atomic mass is 9.87. The number of likely N-dealkylation sites (tertiary alicyclic amines) is 1. The van der Waals surface area contributed by atoms with Crippen LogP contribution in [-0.2, 0) is 14.4 Å². The molecule has 1 fully saturated rings. The molecular weight excluding hydrogens is 274 g/mol. The number of hydrogen-bond donors (Lipinski definition) is 2. The minimum atomic E-state index is -0.940. The summed E-state index contributed by atoms with van der Waals surface area (Å²) in [6.45, 7) is 6.02. The number of carboxylic acids is 1. The average molecular weight is 299 g/mol. The Labute approximate surface area is 125 Å². The van der Waals surface area contributed by atoms with Crippen LogP contribution >= 0.6 is 0 Å². The van der Waals surface area contributed by atoms with Gasteiger partial charge in [-0.1, -0.05) is 20.8 Å². The fraction of sp³-hybridized carbons (Fsp3) is 0.800. The quantitative estimate of drug-likeness (QED) is 0.768. The number of amides is 1. The van der Waals surface area contributed by atoms with Crippen LogP contribution in [0.4, 0.5) is 0 Å². The minimum Gasteiger partial charge on any atom is -0.481 e. The largest absolute Gasteiger partial charge is 0.481 e. The number of ketones is 1. The van der Waals surface area contributed by atoms with E-state index in [1.54, 1.807) is 0 Å². The second-order valence-electron chi connectivity index (χ2n) is 6.90. The number of hydrogen-bond acceptors (Lipinski definition) is 4. The highest BCUT2D eigenvalue weighted by Crippen LogP contribution is 2.26. The van der Waals surface area contributed by atoms with Crippen molar-refractivity contribution in [1.29, 1.82) is 0 Å². The molecule has 0 aromatic heterocycles. The Hall–Kier alpha value is -1.43. The smallest absolute Gasteiger partial charge is 0.303 e. The van der Waals surface area contributed by atoms with Gasteiger partial charge in [-0.05, 0) is 11.8 Å². The lowest BCUT2D eigenvalue weighted by Crippen LogP contribution is -2.41. The predicted molar refractivity (Wildman–Crippen MR) is 76.7 cm³/mol. The minimum absolute atomic E-state index is 0.0364. The van der Waals surface area contributed by atoms with Gasteiger partial charge in [-0.2, -0.15) is 0 Å². The Balaban J connectivity index is 2.63. The van der Waals surface area contributed by atoms with Crippen molar-refractivity contribution in [3.8, 4) is 0 Å². The molecule has 6 heteroatoms. The number of aliphatic carboxylic acids is 1. The summed E-state index contributed by atoms with van der Waals surface area (Å²) >= 11 is 0. The average Bonchev–Trinajstić information content (AvgIpc) is 2.68. The number of aliphatic hydroxyl groups excluding tert-OH is 1. The van der Waals surface area contributed by atoms with Gasteiger partial charge in [-0.3, -0.25) is 14.4 Å². The van der Waals surface area contributed by atoms with Gasteiger partial charge in [0.2, 0.25) is 5.91 Å². The van der Waals surface area contributed by atoms with Crippen LogP contribution in [0.1, 0.15) is 52.9 Å². The first-order valence-electron chi connectivity index (χ1n) is 7.32. The van der Waals surface area contributed by atoms with Crippen molar-refractivity contribution in [2.75, 3.05) is 6.54 Å². The van der Waals surface area contributed by atoms with Gasteiger partial charge >= 0.3 is 5.97 Å². The monoisotopic (exact) mass is 299 g/mol. The van der Waals surface area contributed by atoms with Crippen LogP contribution in [0, 0.1) is 5.41 Å². The molecule has 0 bridgehead atoms. The summed E-state index contributed by atoms with van der Waals surface area (Å²) in [5.74, 6) is -1.23. The highest BCUT2D eigenvalue weighted by molar-refractivity contribution is 5.90. The summed E-state index contributed by atoms with van der Waals surface area (Å²) in [5, 5.41) is 18.3. The maximum atomic E-state index is 12.3. The topological polar surface area (TPSA) is 94.9 Å². The van der Waals surface area contributed by atoms with Crippen LogP contribution < -0.4 is 0 Å². The molecule has 0 aliphatic carbocycles. The molecule has 1 aliphatic rings. The molecular formula is C15H25NO5. The number of Topliss-reactive ketones (excluding diaryl/α,β-unsaturated/α-hetero) is 1. The first-order valence-corrected chi connectivity index (χ1v) is 7.32. The molecule has 120 valence electrons. The fourth-order valence-corrected chi connectivity index (χ4v) is 2.57. The molecule has 2 N–H and O–H groups in total. The van der Waals surface area contributed by atoms with Crippen molar-refractivity contribution in [1.82, 2.24) is 4.90 Å². The van der Waals surface area contributed by atoms with E-state index < -0.39 is 18.1 Å². The molecule has 6 nitrogen and oxygen atoms in total. The second kappa shape index (κ2) is 7.02. The molecule has 21 heavy (non-hydrogen) atoms. The molecule has 0 spiro atoms. The Morgan fingerprint density at radius 1 is 1.19 bits per heavy atom. The van der Waals surface area contributed by atoms with Gasteiger partial charge in [0.25, 0.3) is 0 Å². The van der Waals surface area contributed by atoms with E-state index in [4.69, 9.17) is 5.11 Å². The maximum absolute atomic E-state index is 12.3. The summed E-state index contributed by atoms with van der Waals surface area (Å²) < 4.78 is 0. The van der Waals surface area contributed by atoms with Gasteiger partial charge in [0.05, 0.1) is 12.1 Å². The van der Waals surface area contributed by atoms with Gasteiger partial charge in [-0.15, -0.1) is 0 Å². The van der Waals surface area contributed by atoms with Gasteiger partial charge in [0, 0.05) is 32.2 Å². The van der Waals surface area contributed by atoms with Crippen LogP contribution in [0.15, 0.2) is 0 Å². The van der Waals surface area contributed by atoms with Gasteiger partial charge < -0.3 is 15.1 Å². The van der Waals surface area contributed by atoms with Gasteiger partial charge in [0.1, 0.15) is 0 Å². The van der Waals surface area contributed by atoms with Crippen molar-refractivity contribution in [2.24, 2.45) is 5.41 Å². The predicted octanol–water partition coefficient (Wildman–Crippen LogP) is 1.21. The van der Waals surface area contributed by atoms with Gasteiger partial charge in [0.15, 0.2) is 5.78 Å². The number of rotatable bonds is 6. The lowest BCUT2D eigenvalue weighted by molar-refractivity contribution is -0.139. The van der Waals surface area contributed by atoms with Crippen molar-refractivity contribution in [3.63, 3.8) is 0 Å². The molecule has 0 unspecified atom stereocenters. The lowest BCUT2D eigenvalue weighted by Gasteiger charge is -2.26. The first kappa shape index (κ1) is 17.6. The molecule has 1 rings (SSSR count). The first-order chi connectivity index (χ1) is 9.60. The molecule has 1 aliphatic heterocycles. The normalized spacial score (nSPS) is 22.4. The van der Waals surface area contributed by atoms with E-state index in [1.807, 2.05) is 20.8 Å². The molecule has 0 aromatic carbocycles. The summed E-state index contributed by atoms with van der Waals surface area (Å²) in [7, 11) is 0. The van der Waals surface area contributed by atoms with Crippen molar-refractivity contribution in [2.45, 2.75) is 65.0 Å². The van der Waals surface area contributed by atoms with E-state index in [0.717, 1.165) is 0 Å². The molecule has 0 saturated carbocycles. The highest BCUT2D eigenvalue weighted by Gasteiger charge is 2.39. The third kappa shape index (κ3) is 5.83. The Bertz CT molecular complexity index is 413. The standard InChI is InChI=1S/C15H25NO5/c1-15(2,3)8-12(18)11-7-10(17)9-16(11)13(19)5-4-6-14(20)21/h10-11,17H,4-9H2,1-3H3,(H,20,21)/t10-,11+/m1/s1. The maximum Gasteiger partial charge on any atom is 0.303 e. The van der Waals surface area contributed by atoms with Crippen molar-refractivity contribution >= 4 is 17.7 Å². The summed E-state index contributed by atoms with van der Waals surface area (Å²) in [6.07, 6.45) is 0.229. The van der Waals surface area contributed by atoms with Crippen LogP contribution in [0.3, 0.4) is 0 Å². The Kier molecular flexibility index (Phi) is 5.89.